The van der Waals surface area contributed by atoms with Crippen molar-refractivity contribution in [1.29, 1.82) is 5.26 Å². The molecule has 1 aromatic carbocycles. The number of hydrogen-bond acceptors (Lipinski definition) is 4. The van der Waals surface area contributed by atoms with Crippen molar-refractivity contribution in [2.45, 2.75) is 19.4 Å². The second-order valence-corrected chi connectivity index (χ2v) is 5.32. The number of piperazine rings is 1. The number of phenols is 1. The lowest BCUT2D eigenvalue weighted by Crippen LogP contribution is -2.45. The van der Waals surface area contributed by atoms with Crippen LogP contribution in [0, 0.1) is 11.3 Å². The maximum atomic E-state index is 10.3. The Kier molecular flexibility index (Phi) is 4.78. The van der Waals surface area contributed by atoms with Crippen molar-refractivity contribution in [3.8, 4) is 11.8 Å². The van der Waals surface area contributed by atoms with E-state index in [4.69, 9.17) is 5.26 Å². The molecule has 2 N–H and O–H groups in total. The van der Waals surface area contributed by atoms with E-state index in [-0.39, 0.29) is 11.8 Å². The standard InChI is InChI=1S/C16H21N3O/c1-12(2)10-15(19-8-6-18-7-9-19)14-5-3-4-13(11-17)16(14)20/h3-5,15,18,20H,1,6-10H2,2H3/t15-/m0/s1. The van der Waals surface area contributed by atoms with Crippen LogP contribution in [-0.4, -0.2) is 36.2 Å². The van der Waals surface area contributed by atoms with Gasteiger partial charge in [-0.1, -0.05) is 17.7 Å². The van der Waals surface area contributed by atoms with Crippen LogP contribution in [0.1, 0.15) is 30.5 Å². The smallest absolute Gasteiger partial charge is 0.138 e. The van der Waals surface area contributed by atoms with Crippen molar-refractivity contribution < 1.29 is 5.11 Å². The van der Waals surface area contributed by atoms with Crippen LogP contribution in [0.15, 0.2) is 30.4 Å². The molecular formula is C16H21N3O. The minimum absolute atomic E-state index is 0.0860. The fourth-order valence-electron chi connectivity index (χ4n) is 2.68. The third-order valence-corrected chi connectivity index (χ3v) is 3.68. The Morgan fingerprint density at radius 2 is 2.20 bits per heavy atom. The first-order valence-corrected chi connectivity index (χ1v) is 6.94. The minimum atomic E-state index is 0.0860. The maximum absolute atomic E-state index is 10.3. The molecule has 0 unspecified atom stereocenters. The zero-order valence-corrected chi connectivity index (χ0v) is 11.9. The maximum Gasteiger partial charge on any atom is 0.138 e. The average Bonchev–Trinajstić information content (AvgIpc) is 2.46. The van der Waals surface area contributed by atoms with Gasteiger partial charge in [0.15, 0.2) is 0 Å². The number of nitrogens with one attached hydrogen (secondary N) is 1. The molecule has 0 spiro atoms. The van der Waals surface area contributed by atoms with Gasteiger partial charge in [-0.05, 0) is 19.4 Å². The van der Waals surface area contributed by atoms with E-state index in [1.165, 1.54) is 0 Å². The Bertz CT molecular complexity index is 527. The van der Waals surface area contributed by atoms with Gasteiger partial charge in [-0.15, -0.1) is 6.58 Å². The van der Waals surface area contributed by atoms with Gasteiger partial charge >= 0.3 is 0 Å². The van der Waals surface area contributed by atoms with Gasteiger partial charge in [-0.2, -0.15) is 5.26 Å². The second-order valence-electron chi connectivity index (χ2n) is 5.32. The molecule has 2 rings (SSSR count). The SMILES string of the molecule is C=C(C)C[C@@H](c1cccc(C#N)c1O)N1CCNCC1. The largest absolute Gasteiger partial charge is 0.506 e. The molecule has 0 amide bonds. The van der Waals surface area contributed by atoms with E-state index in [0.717, 1.165) is 43.7 Å². The fraction of sp³-hybridized carbons (Fsp3) is 0.438. The molecule has 1 saturated heterocycles. The molecule has 1 fully saturated rings. The lowest BCUT2D eigenvalue weighted by molar-refractivity contribution is 0.170. The molecule has 1 aromatic rings. The van der Waals surface area contributed by atoms with Gasteiger partial charge in [-0.25, -0.2) is 0 Å². The van der Waals surface area contributed by atoms with Crippen LogP contribution in [0.3, 0.4) is 0 Å². The van der Waals surface area contributed by atoms with Crippen molar-refractivity contribution in [1.82, 2.24) is 10.2 Å². The normalized spacial score (nSPS) is 17.4. The summed E-state index contributed by atoms with van der Waals surface area (Å²) in [5.41, 5.74) is 2.24. The highest BCUT2D eigenvalue weighted by molar-refractivity contribution is 5.49. The molecule has 0 aromatic heterocycles. The van der Waals surface area contributed by atoms with Gasteiger partial charge in [-0.3, -0.25) is 4.90 Å². The van der Waals surface area contributed by atoms with E-state index in [9.17, 15) is 5.11 Å². The van der Waals surface area contributed by atoms with Crippen molar-refractivity contribution in [2.75, 3.05) is 26.2 Å². The van der Waals surface area contributed by atoms with Gasteiger partial charge in [0, 0.05) is 37.8 Å². The molecular weight excluding hydrogens is 250 g/mol. The summed E-state index contributed by atoms with van der Waals surface area (Å²) >= 11 is 0. The number of para-hydroxylation sites is 1. The molecule has 4 heteroatoms. The zero-order chi connectivity index (χ0) is 14.5. The Labute approximate surface area is 120 Å². The van der Waals surface area contributed by atoms with E-state index >= 15 is 0 Å². The molecule has 0 bridgehead atoms. The van der Waals surface area contributed by atoms with Gasteiger partial charge in [0.05, 0.1) is 5.56 Å². The predicted molar refractivity (Wildman–Crippen MR) is 79.4 cm³/mol. The first kappa shape index (κ1) is 14.6. The minimum Gasteiger partial charge on any atom is -0.506 e. The number of aromatic hydroxyl groups is 1. The lowest BCUT2D eigenvalue weighted by atomic mass is 9.95. The third kappa shape index (κ3) is 3.19. The van der Waals surface area contributed by atoms with E-state index in [1.54, 1.807) is 6.07 Å². The third-order valence-electron chi connectivity index (χ3n) is 3.68. The highest BCUT2D eigenvalue weighted by Gasteiger charge is 2.25. The lowest BCUT2D eigenvalue weighted by Gasteiger charge is -2.35. The van der Waals surface area contributed by atoms with Crippen LogP contribution in [0.2, 0.25) is 0 Å². The number of hydrogen-bond donors (Lipinski definition) is 2. The molecule has 106 valence electrons. The number of benzene rings is 1. The summed E-state index contributed by atoms with van der Waals surface area (Å²) < 4.78 is 0. The number of nitrogens with zero attached hydrogens (tertiary/aromatic N) is 2. The van der Waals surface area contributed by atoms with Crippen molar-refractivity contribution in [3.05, 3.63) is 41.5 Å². The molecule has 1 aliphatic rings. The van der Waals surface area contributed by atoms with Crippen LogP contribution in [-0.2, 0) is 0 Å². The van der Waals surface area contributed by atoms with E-state index in [0.29, 0.717) is 5.56 Å². The zero-order valence-electron chi connectivity index (χ0n) is 11.9. The Morgan fingerprint density at radius 3 is 2.80 bits per heavy atom. The molecule has 1 heterocycles. The molecule has 0 radical (unpaired) electrons. The molecule has 4 nitrogen and oxygen atoms in total. The molecule has 20 heavy (non-hydrogen) atoms. The summed E-state index contributed by atoms with van der Waals surface area (Å²) in [5.74, 6) is 0.111. The summed E-state index contributed by atoms with van der Waals surface area (Å²) in [6.45, 7) is 9.78. The van der Waals surface area contributed by atoms with Crippen LogP contribution in [0.25, 0.3) is 0 Å². The van der Waals surface area contributed by atoms with Crippen LogP contribution >= 0.6 is 0 Å². The topological polar surface area (TPSA) is 59.3 Å². The molecule has 1 atom stereocenters. The summed E-state index contributed by atoms with van der Waals surface area (Å²) in [7, 11) is 0. The van der Waals surface area contributed by atoms with Gasteiger partial charge in [0.25, 0.3) is 0 Å². The van der Waals surface area contributed by atoms with Crippen LogP contribution < -0.4 is 5.32 Å². The van der Waals surface area contributed by atoms with Crippen LogP contribution in [0.4, 0.5) is 0 Å². The Morgan fingerprint density at radius 1 is 1.50 bits per heavy atom. The van der Waals surface area contributed by atoms with Crippen molar-refractivity contribution in [3.63, 3.8) is 0 Å². The molecule has 0 aliphatic carbocycles. The number of rotatable bonds is 4. The monoisotopic (exact) mass is 271 g/mol. The van der Waals surface area contributed by atoms with Gasteiger partial charge in [0.2, 0.25) is 0 Å². The van der Waals surface area contributed by atoms with Crippen LogP contribution in [0.5, 0.6) is 5.75 Å². The fourth-order valence-corrected chi connectivity index (χ4v) is 2.68. The average molecular weight is 271 g/mol. The van der Waals surface area contributed by atoms with Gasteiger partial charge in [0.1, 0.15) is 11.8 Å². The number of phenolic OH excluding ortho intramolecular Hbond substituents is 1. The van der Waals surface area contributed by atoms with Crippen molar-refractivity contribution in [2.24, 2.45) is 0 Å². The molecule has 0 saturated carbocycles. The molecule has 1 aliphatic heterocycles. The summed E-state index contributed by atoms with van der Waals surface area (Å²) in [4.78, 5) is 2.35. The van der Waals surface area contributed by atoms with E-state index < -0.39 is 0 Å². The predicted octanol–water partition coefficient (Wildman–Crippen LogP) is 2.18. The van der Waals surface area contributed by atoms with E-state index in [2.05, 4.69) is 16.8 Å². The quantitative estimate of drug-likeness (QED) is 0.824. The summed E-state index contributed by atoms with van der Waals surface area (Å²) in [6.07, 6.45) is 0.794. The van der Waals surface area contributed by atoms with Gasteiger partial charge < -0.3 is 10.4 Å². The highest BCUT2D eigenvalue weighted by atomic mass is 16.3. The van der Waals surface area contributed by atoms with E-state index in [1.807, 2.05) is 25.1 Å². The Balaban J connectivity index is 2.35. The highest BCUT2D eigenvalue weighted by Crippen LogP contribution is 2.35. The first-order valence-electron chi connectivity index (χ1n) is 6.94. The van der Waals surface area contributed by atoms with Crippen molar-refractivity contribution >= 4 is 0 Å². The summed E-state index contributed by atoms with van der Waals surface area (Å²) in [5, 5.41) is 22.7. The Hall–Kier alpha value is -1.83. The second kappa shape index (κ2) is 6.56. The number of nitriles is 1. The first-order chi connectivity index (χ1) is 9.63. The summed E-state index contributed by atoms with van der Waals surface area (Å²) in [6, 6.07) is 7.52.